The quantitative estimate of drug-likeness (QED) is 0.873. The molecule has 1 saturated heterocycles. The van der Waals surface area contributed by atoms with Crippen molar-refractivity contribution in [1.82, 2.24) is 10.3 Å². The number of aliphatic hydroxyl groups is 1. The van der Waals surface area contributed by atoms with E-state index in [2.05, 4.69) is 34.3 Å². The van der Waals surface area contributed by atoms with Gasteiger partial charge in [-0.05, 0) is 45.4 Å². The average molecular weight is 263 g/mol. The van der Waals surface area contributed by atoms with E-state index >= 15 is 0 Å². The molecule has 2 N–H and O–H groups in total. The Morgan fingerprint density at radius 2 is 2.32 bits per heavy atom. The number of β-amino-alcohol motifs (C(OH)–C–C–N with tert-alkyl or cyclic N) is 1. The van der Waals surface area contributed by atoms with Gasteiger partial charge in [-0.3, -0.25) is 4.98 Å². The standard InChI is InChI=1S/C15H25N3O/c1-4-13(16-3)14-7-6-12(10-17-14)18-9-5-8-15(2,19)11-18/h6-7,10,13,16,19H,4-5,8-9,11H2,1-3H3. The summed E-state index contributed by atoms with van der Waals surface area (Å²) in [6.45, 7) is 5.76. The molecule has 4 heteroatoms. The van der Waals surface area contributed by atoms with Crippen LogP contribution in [-0.2, 0) is 0 Å². The molecule has 2 unspecified atom stereocenters. The number of nitrogens with zero attached hydrogens (tertiary/aromatic N) is 2. The maximum Gasteiger partial charge on any atom is 0.0794 e. The van der Waals surface area contributed by atoms with E-state index in [4.69, 9.17) is 0 Å². The van der Waals surface area contributed by atoms with Crippen molar-refractivity contribution in [2.24, 2.45) is 0 Å². The molecule has 1 aromatic rings. The van der Waals surface area contributed by atoms with Gasteiger partial charge < -0.3 is 15.3 Å². The van der Waals surface area contributed by atoms with Crippen molar-refractivity contribution in [3.63, 3.8) is 0 Å². The molecule has 0 aromatic carbocycles. The number of hydrogen-bond acceptors (Lipinski definition) is 4. The second-order valence-electron chi connectivity index (χ2n) is 5.71. The van der Waals surface area contributed by atoms with E-state index in [1.54, 1.807) is 0 Å². The third kappa shape index (κ3) is 3.45. The van der Waals surface area contributed by atoms with Crippen LogP contribution in [0.5, 0.6) is 0 Å². The van der Waals surface area contributed by atoms with Gasteiger partial charge in [0, 0.05) is 19.1 Å². The van der Waals surface area contributed by atoms with Gasteiger partial charge in [0.25, 0.3) is 0 Å². The van der Waals surface area contributed by atoms with E-state index in [0.29, 0.717) is 12.6 Å². The largest absolute Gasteiger partial charge is 0.388 e. The Morgan fingerprint density at radius 1 is 1.53 bits per heavy atom. The fraction of sp³-hybridized carbons (Fsp3) is 0.667. The van der Waals surface area contributed by atoms with Crippen LogP contribution >= 0.6 is 0 Å². The summed E-state index contributed by atoms with van der Waals surface area (Å²) in [5, 5.41) is 13.4. The van der Waals surface area contributed by atoms with Crippen LogP contribution in [0.1, 0.15) is 44.8 Å². The number of anilines is 1. The lowest BCUT2D eigenvalue weighted by atomic mass is 9.95. The Morgan fingerprint density at radius 3 is 2.84 bits per heavy atom. The fourth-order valence-corrected chi connectivity index (χ4v) is 2.79. The second-order valence-corrected chi connectivity index (χ2v) is 5.71. The molecule has 0 spiro atoms. The SMILES string of the molecule is CCC(NC)c1ccc(N2CCCC(C)(O)C2)cn1. The lowest BCUT2D eigenvalue weighted by Gasteiger charge is -2.38. The van der Waals surface area contributed by atoms with Crippen LogP contribution in [-0.4, -0.2) is 35.8 Å². The molecule has 1 aliphatic rings. The summed E-state index contributed by atoms with van der Waals surface area (Å²) in [5.74, 6) is 0. The fourth-order valence-electron chi connectivity index (χ4n) is 2.79. The number of nitrogens with one attached hydrogen (secondary N) is 1. The van der Waals surface area contributed by atoms with Gasteiger partial charge >= 0.3 is 0 Å². The maximum absolute atomic E-state index is 10.2. The number of rotatable bonds is 4. The third-order valence-corrected chi connectivity index (χ3v) is 3.92. The second kappa shape index (κ2) is 5.88. The van der Waals surface area contributed by atoms with Crippen molar-refractivity contribution in [3.8, 4) is 0 Å². The maximum atomic E-state index is 10.2. The van der Waals surface area contributed by atoms with Gasteiger partial charge in [-0.15, -0.1) is 0 Å². The molecule has 1 fully saturated rings. The molecule has 0 bridgehead atoms. The first-order chi connectivity index (χ1) is 9.05. The van der Waals surface area contributed by atoms with E-state index in [-0.39, 0.29) is 0 Å². The molecule has 0 radical (unpaired) electrons. The monoisotopic (exact) mass is 263 g/mol. The molecule has 2 heterocycles. The van der Waals surface area contributed by atoms with Gasteiger partial charge in [0.2, 0.25) is 0 Å². The van der Waals surface area contributed by atoms with Gasteiger partial charge in [0.05, 0.1) is 23.2 Å². The smallest absolute Gasteiger partial charge is 0.0794 e. The van der Waals surface area contributed by atoms with Crippen molar-refractivity contribution in [3.05, 3.63) is 24.0 Å². The highest BCUT2D eigenvalue weighted by atomic mass is 16.3. The zero-order chi connectivity index (χ0) is 13.9. The molecule has 0 amide bonds. The number of pyridine rings is 1. The predicted molar refractivity (Wildman–Crippen MR) is 78.4 cm³/mol. The van der Waals surface area contributed by atoms with Gasteiger partial charge in [0.15, 0.2) is 0 Å². The van der Waals surface area contributed by atoms with Crippen LogP contribution < -0.4 is 10.2 Å². The molecule has 4 nitrogen and oxygen atoms in total. The molecule has 2 rings (SSSR count). The summed E-state index contributed by atoms with van der Waals surface area (Å²) in [6, 6.07) is 4.52. The minimum Gasteiger partial charge on any atom is -0.388 e. The highest BCUT2D eigenvalue weighted by Gasteiger charge is 2.28. The summed E-state index contributed by atoms with van der Waals surface area (Å²) >= 11 is 0. The van der Waals surface area contributed by atoms with E-state index in [9.17, 15) is 5.11 Å². The van der Waals surface area contributed by atoms with E-state index in [1.807, 2.05) is 20.2 Å². The number of hydrogen-bond donors (Lipinski definition) is 2. The van der Waals surface area contributed by atoms with Gasteiger partial charge in [-0.1, -0.05) is 6.92 Å². The zero-order valence-corrected chi connectivity index (χ0v) is 12.2. The molecule has 2 atom stereocenters. The Balaban J connectivity index is 2.10. The van der Waals surface area contributed by atoms with Crippen LogP contribution in [0.2, 0.25) is 0 Å². The first kappa shape index (κ1) is 14.3. The van der Waals surface area contributed by atoms with Crippen LogP contribution in [0.15, 0.2) is 18.3 Å². The molecule has 1 aromatic heterocycles. The van der Waals surface area contributed by atoms with Crippen LogP contribution in [0.25, 0.3) is 0 Å². The predicted octanol–water partition coefficient (Wildman–Crippen LogP) is 2.10. The summed E-state index contributed by atoms with van der Waals surface area (Å²) in [5.41, 5.74) is 1.61. The van der Waals surface area contributed by atoms with E-state index in [1.165, 1.54) is 0 Å². The highest BCUT2D eigenvalue weighted by molar-refractivity contribution is 5.45. The highest BCUT2D eigenvalue weighted by Crippen LogP contribution is 2.26. The summed E-state index contributed by atoms with van der Waals surface area (Å²) in [7, 11) is 1.96. The van der Waals surface area contributed by atoms with Gasteiger partial charge in [0.1, 0.15) is 0 Å². The topological polar surface area (TPSA) is 48.4 Å². The molecular weight excluding hydrogens is 238 g/mol. The number of aromatic nitrogens is 1. The summed E-state index contributed by atoms with van der Waals surface area (Å²) in [6.07, 6.45) is 4.87. The first-order valence-corrected chi connectivity index (χ1v) is 7.16. The molecule has 19 heavy (non-hydrogen) atoms. The summed E-state index contributed by atoms with van der Waals surface area (Å²) < 4.78 is 0. The normalized spacial score (nSPS) is 25.4. The van der Waals surface area contributed by atoms with Crippen LogP contribution in [0.3, 0.4) is 0 Å². The van der Waals surface area contributed by atoms with Gasteiger partial charge in [-0.2, -0.15) is 0 Å². The third-order valence-electron chi connectivity index (χ3n) is 3.92. The Kier molecular flexibility index (Phi) is 4.42. The van der Waals surface area contributed by atoms with Crippen LogP contribution in [0, 0.1) is 0 Å². The first-order valence-electron chi connectivity index (χ1n) is 7.16. The lowest BCUT2D eigenvalue weighted by molar-refractivity contribution is 0.0449. The van der Waals surface area contributed by atoms with Crippen molar-refractivity contribution in [2.75, 3.05) is 25.0 Å². The lowest BCUT2D eigenvalue weighted by Crippen LogP contribution is -2.46. The Bertz CT molecular complexity index is 398. The van der Waals surface area contributed by atoms with E-state index < -0.39 is 5.60 Å². The van der Waals surface area contributed by atoms with Crippen molar-refractivity contribution in [1.29, 1.82) is 0 Å². The number of piperidine rings is 1. The molecular formula is C15H25N3O. The van der Waals surface area contributed by atoms with Crippen molar-refractivity contribution in [2.45, 2.75) is 44.8 Å². The van der Waals surface area contributed by atoms with Crippen LogP contribution in [0.4, 0.5) is 5.69 Å². The van der Waals surface area contributed by atoms with E-state index in [0.717, 1.165) is 37.2 Å². The summed E-state index contributed by atoms with van der Waals surface area (Å²) in [4.78, 5) is 6.78. The molecule has 0 saturated carbocycles. The molecule has 1 aliphatic heterocycles. The average Bonchev–Trinajstić information content (AvgIpc) is 2.40. The minimum absolute atomic E-state index is 0.318. The molecule has 106 valence electrons. The van der Waals surface area contributed by atoms with Crippen molar-refractivity contribution >= 4 is 5.69 Å². The van der Waals surface area contributed by atoms with Crippen molar-refractivity contribution < 1.29 is 5.11 Å². The molecule has 0 aliphatic carbocycles. The Labute approximate surface area is 115 Å². The zero-order valence-electron chi connectivity index (χ0n) is 12.2. The van der Waals surface area contributed by atoms with Gasteiger partial charge in [-0.25, -0.2) is 0 Å². The Hall–Kier alpha value is -1.13. The minimum atomic E-state index is -0.576.